The first-order chi connectivity index (χ1) is 12.6. The molecule has 1 aliphatic rings. The molecule has 0 aliphatic carbocycles. The highest BCUT2D eigenvalue weighted by Gasteiger charge is 2.29. The summed E-state index contributed by atoms with van der Waals surface area (Å²) in [5.41, 5.74) is 6.96. The second kappa shape index (κ2) is 5.72. The van der Waals surface area contributed by atoms with Gasteiger partial charge in [-0.2, -0.15) is 0 Å². The van der Waals surface area contributed by atoms with E-state index in [0.717, 1.165) is 21.9 Å². The lowest BCUT2D eigenvalue weighted by Gasteiger charge is -2.30. The minimum atomic E-state index is -0.238. The average molecular weight is 355 g/mol. The Morgan fingerprint density at radius 3 is 2.54 bits per heavy atom. The van der Waals surface area contributed by atoms with Crippen LogP contribution < -0.4 is 15.7 Å². The van der Waals surface area contributed by atoms with Crippen molar-refractivity contribution in [2.24, 2.45) is 0 Å². The summed E-state index contributed by atoms with van der Waals surface area (Å²) < 4.78 is 8.76. The van der Waals surface area contributed by atoms with E-state index in [4.69, 9.17) is 16.3 Å². The molecular formula is C21H16B2ClNO. The normalized spacial score (nSPS) is 15.3. The molecule has 2 nitrogen and oxygen atoms in total. The number of hydrogen-bond donors (Lipinski definition) is 0. The van der Waals surface area contributed by atoms with E-state index >= 15 is 0 Å². The molecule has 5 rings (SSSR count). The molecule has 26 heavy (non-hydrogen) atoms. The van der Waals surface area contributed by atoms with Crippen LogP contribution in [0, 0.1) is 0 Å². The van der Waals surface area contributed by atoms with Gasteiger partial charge in [0.2, 0.25) is 6.23 Å². The lowest BCUT2D eigenvalue weighted by atomic mass is 9.93. The molecule has 0 fully saturated rings. The van der Waals surface area contributed by atoms with Crippen LogP contribution in [0.4, 0.5) is 0 Å². The van der Waals surface area contributed by atoms with E-state index in [2.05, 4.69) is 68.8 Å². The van der Waals surface area contributed by atoms with E-state index in [1.54, 1.807) is 0 Å². The highest BCUT2D eigenvalue weighted by molar-refractivity contribution is 6.33. The molecule has 1 unspecified atom stereocenters. The Bertz CT molecular complexity index is 1170. The molecule has 0 spiro atoms. The van der Waals surface area contributed by atoms with Crippen LogP contribution >= 0.6 is 11.6 Å². The van der Waals surface area contributed by atoms with Crippen molar-refractivity contribution in [2.75, 3.05) is 0 Å². The van der Waals surface area contributed by atoms with Crippen molar-refractivity contribution in [3.63, 3.8) is 0 Å². The molecule has 1 aromatic heterocycles. The lowest BCUT2D eigenvalue weighted by molar-refractivity contribution is 0.173. The summed E-state index contributed by atoms with van der Waals surface area (Å²) in [5, 5.41) is 1.94. The average Bonchev–Trinajstić information content (AvgIpc) is 2.99. The first kappa shape index (κ1) is 15.7. The summed E-state index contributed by atoms with van der Waals surface area (Å²) in [6.07, 6.45) is -0.238. The first-order valence-electron chi connectivity index (χ1n) is 8.75. The molecule has 0 bridgehead atoms. The van der Waals surface area contributed by atoms with Crippen LogP contribution in [-0.4, -0.2) is 20.3 Å². The van der Waals surface area contributed by atoms with Crippen molar-refractivity contribution in [2.45, 2.75) is 6.23 Å². The molecule has 0 amide bonds. The van der Waals surface area contributed by atoms with E-state index in [0.29, 0.717) is 0 Å². The van der Waals surface area contributed by atoms with E-state index in [-0.39, 0.29) is 6.23 Å². The summed E-state index contributed by atoms with van der Waals surface area (Å²) in [6.45, 7) is 0. The predicted molar refractivity (Wildman–Crippen MR) is 114 cm³/mol. The standard InChI is InChI=1S/C21H16B2ClNO/c22-14-5-7-18-13(8-14)10-19-17-6-4-15(23)11-20(17)26-21(25(18)19)12-2-1-3-16(24)9-12/h1-11,21H,22-23H2. The van der Waals surface area contributed by atoms with Gasteiger partial charge < -0.3 is 9.30 Å². The fourth-order valence-electron chi connectivity index (χ4n) is 3.80. The maximum atomic E-state index is 6.48. The van der Waals surface area contributed by atoms with Gasteiger partial charge in [-0.05, 0) is 41.8 Å². The summed E-state index contributed by atoms with van der Waals surface area (Å²) in [5.74, 6) is 0.919. The Labute approximate surface area is 159 Å². The first-order valence-corrected chi connectivity index (χ1v) is 9.13. The van der Waals surface area contributed by atoms with E-state index < -0.39 is 0 Å². The molecule has 0 saturated carbocycles. The number of benzene rings is 3. The molecule has 0 saturated heterocycles. The van der Waals surface area contributed by atoms with Gasteiger partial charge >= 0.3 is 0 Å². The van der Waals surface area contributed by atoms with E-state index in [1.165, 1.54) is 27.5 Å². The second-order valence-corrected chi connectivity index (χ2v) is 7.42. The third-order valence-electron chi connectivity index (χ3n) is 5.01. The minimum absolute atomic E-state index is 0.238. The maximum absolute atomic E-state index is 6.48. The van der Waals surface area contributed by atoms with Crippen molar-refractivity contribution in [3.05, 3.63) is 77.3 Å². The van der Waals surface area contributed by atoms with Crippen LogP contribution in [0.1, 0.15) is 11.8 Å². The Morgan fingerprint density at radius 2 is 1.69 bits per heavy atom. The molecule has 5 heteroatoms. The Hall–Kier alpha value is -2.58. The smallest absolute Gasteiger partial charge is 0.203 e. The van der Waals surface area contributed by atoms with Crippen LogP contribution in [0.5, 0.6) is 5.75 Å². The van der Waals surface area contributed by atoms with Gasteiger partial charge in [-0.3, -0.25) is 0 Å². The largest absolute Gasteiger partial charge is 0.465 e. The second-order valence-electron chi connectivity index (χ2n) is 6.99. The Balaban J connectivity index is 1.83. The van der Waals surface area contributed by atoms with Gasteiger partial charge in [0.15, 0.2) is 0 Å². The van der Waals surface area contributed by atoms with Crippen molar-refractivity contribution >= 4 is 49.1 Å². The fourth-order valence-corrected chi connectivity index (χ4v) is 4.00. The summed E-state index contributed by atoms with van der Waals surface area (Å²) in [4.78, 5) is 0. The van der Waals surface area contributed by atoms with Gasteiger partial charge in [-0.25, -0.2) is 0 Å². The zero-order chi connectivity index (χ0) is 17.8. The van der Waals surface area contributed by atoms with Gasteiger partial charge in [-0.15, -0.1) is 0 Å². The molecule has 0 radical (unpaired) electrons. The molecule has 0 N–H and O–H groups in total. The monoisotopic (exact) mass is 355 g/mol. The molecule has 124 valence electrons. The van der Waals surface area contributed by atoms with Crippen molar-refractivity contribution in [1.29, 1.82) is 0 Å². The van der Waals surface area contributed by atoms with E-state index in [1.807, 2.05) is 18.2 Å². The van der Waals surface area contributed by atoms with Crippen molar-refractivity contribution in [3.8, 4) is 17.0 Å². The van der Waals surface area contributed by atoms with Gasteiger partial charge in [0, 0.05) is 16.1 Å². The number of rotatable bonds is 1. The summed E-state index contributed by atoms with van der Waals surface area (Å²) >= 11 is 6.26. The van der Waals surface area contributed by atoms with Crippen molar-refractivity contribution < 1.29 is 4.74 Å². The van der Waals surface area contributed by atoms with Crippen LogP contribution in [0.25, 0.3) is 22.2 Å². The molecule has 1 aliphatic heterocycles. The SMILES string of the molecule is Bc1ccc2c(c1)OC(c1cccc(Cl)c1)n1c-2cc2cc(B)ccc21. The summed E-state index contributed by atoms with van der Waals surface area (Å²) in [6, 6.07) is 23.1. The highest BCUT2D eigenvalue weighted by atomic mass is 35.5. The van der Waals surface area contributed by atoms with Gasteiger partial charge in [0.25, 0.3) is 0 Å². The van der Waals surface area contributed by atoms with Gasteiger partial charge in [0.1, 0.15) is 21.4 Å². The Morgan fingerprint density at radius 1 is 0.885 bits per heavy atom. The summed E-state index contributed by atoms with van der Waals surface area (Å²) in [7, 11) is 4.21. The van der Waals surface area contributed by atoms with Gasteiger partial charge in [-0.1, -0.05) is 52.9 Å². The number of nitrogens with zero attached hydrogens (tertiary/aromatic N) is 1. The number of ether oxygens (including phenoxy) is 1. The number of aromatic nitrogens is 1. The van der Waals surface area contributed by atoms with Crippen LogP contribution in [-0.2, 0) is 0 Å². The zero-order valence-electron chi connectivity index (χ0n) is 14.7. The van der Waals surface area contributed by atoms with Crippen LogP contribution in [0.3, 0.4) is 0 Å². The maximum Gasteiger partial charge on any atom is 0.203 e. The molecule has 4 aromatic rings. The third-order valence-corrected chi connectivity index (χ3v) is 5.25. The van der Waals surface area contributed by atoms with Crippen LogP contribution in [0.2, 0.25) is 5.02 Å². The number of fused-ring (bicyclic) bond motifs is 5. The van der Waals surface area contributed by atoms with Gasteiger partial charge in [0.05, 0.1) is 11.2 Å². The lowest BCUT2D eigenvalue weighted by Crippen LogP contribution is -2.23. The predicted octanol–water partition coefficient (Wildman–Crippen LogP) is 2.42. The third kappa shape index (κ3) is 2.37. The molecular weight excluding hydrogens is 339 g/mol. The minimum Gasteiger partial charge on any atom is -0.465 e. The quantitative estimate of drug-likeness (QED) is 0.479. The topological polar surface area (TPSA) is 14.2 Å². The number of halogens is 1. The zero-order valence-corrected chi connectivity index (χ0v) is 15.4. The molecule has 1 atom stereocenters. The fraction of sp³-hybridized carbons (Fsp3) is 0.0476. The number of hydrogen-bond acceptors (Lipinski definition) is 1. The van der Waals surface area contributed by atoms with E-state index in [9.17, 15) is 0 Å². The Kier molecular flexibility index (Phi) is 3.44. The van der Waals surface area contributed by atoms with Crippen molar-refractivity contribution in [1.82, 2.24) is 4.57 Å². The highest BCUT2D eigenvalue weighted by Crippen LogP contribution is 2.43. The molecule has 2 heterocycles. The van der Waals surface area contributed by atoms with Crippen LogP contribution in [0.15, 0.2) is 66.7 Å². The molecule has 3 aromatic carbocycles.